The Labute approximate surface area is 263 Å². The lowest BCUT2D eigenvalue weighted by Gasteiger charge is -2.12. The quantitative estimate of drug-likeness (QED) is 0.172. The Hall–Kier alpha value is -5.75. The fourth-order valence-electron chi connectivity index (χ4n) is 4.28. The van der Waals surface area contributed by atoms with Gasteiger partial charge in [0.15, 0.2) is 33.9 Å². The highest BCUT2D eigenvalue weighted by Gasteiger charge is 2.14. The van der Waals surface area contributed by atoms with Crippen LogP contribution < -0.4 is 39.9 Å². The van der Waals surface area contributed by atoms with Crippen LogP contribution in [0, 0.1) is 0 Å². The van der Waals surface area contributed by atoms with Gasteiger partial charge >= 0.3 is 0 Å². The number of anilines is 2. The van der Waals surface area contributed by atoms with Gasteiger partial charge in [-0.1, -0.05) is 11.6 Å². The number of nitrogens with two attached hydrogens (primary N) is 2. The third kappa shape index (κ3) is 6.92. The molecule has 4 heterocycles. The maximum absolute atomic E-state index is 6.06. The van der Waals surface area contributed by atoms with E-state index in [1.807, 2.05) is 12.1 Å². The highest BCUT2D eigenvalue weighted by atomic mass is 35.5. The van der Waals surface area contributed by atoms with E-state index in [-0.39, 0.29) is 5.15 Å². The number of benzene rings is 2. The van der Waals surface area contributed by atoms with Gasteiger partial charge in [-0.25, -0.2) is 9.97 Å². The molecule has 0 saturated heterocycles. The molecular weight excluding hydrogens is 600 g/mol. The van der Waals surface area contributed by atoms with Crippen molar-refractivity contribution in [3.05, 3.63) is 84.4 Å². The van der Waals surface area contributed by atoms with Gasteiger partial charge < -0.3 is 39.9 Å². The van der Waals surface area contributed by atoms with E-state index in [4.69, 9.17) is 51.5 Å². The summed E-state index contributed by atoms with van der Waals surface area (Å²) in [5.41, 5.74) is 12.6. The van der Waals surface area contributed by atoms with Crippen molar-refractivity contribution in [2.45, 2.75) is 0 Å². The molecular formula is C32H29ClN6O6. The molecule has 6 aromatic rings. The number of hydrogen-bond donors (Lipinski definition) is 2. The van der Waals surface area contributed by atoms with Gasteiger partial charge in [0.25, 0.3) is 0 Å². The van der Waals surface area contributed by atoms with Gasteiger partial charge in [-0.15, -0.1) is 0 Å². The van der Waals surface area contributed by atoms with E-state index < -0.39 is 0 Å². The first-order chi connectivity index (χ1) is 21.8. The van der Waals surface area contributed by atoms with Crippen molar-refractivity contribution in [3.63, 3.8) is 0 Å². The van der Waals surface area contributed by atoms with Gasteiger partial charge in [0.2, 0.25) is 0 Å². The molecule has 0 bridgehead atoms. The Morgan fingerprint density at radius 1 is 0.533 bits per heavy atom. The van der Waals surface area contributed by atoms with Crippen molar-refractivity contribution in [2.75, 3.05) is 39.9 Å². The monoisotopic (exact) mass is 628 g/mol. The molecule has 0 amide bonds. The summed E-state index contributed by atoms with van der Waals surface area (Å²) in [6, 6.07) is 17.5. The minimum Gasteiger partial charge on any atom is -0.493 e. The van der Waals surface area contributed by atoms with E-state index in [2.05, 4.69) is 19.9 Å². The predicted molar refractivity (Wildman–Crippen MR) is 172 cm³/mol. The molecule has 45 heavy (non-hydrogen) atoms. The van der Waals surface area contributed by atoms with Crippen LogP contribution in [0.5, 0.6) is 46.0 Å². The second kappa shape index (κ2) is 13.7. The lowest BCUT2D eigenvalue weighted by atomic mass is 10.2. The van der Waals surface area contributed by atoms with Gasteiger partial charge in [-0.2, -0.15) is 0 Å². The molecule has 6 rings (SSSR count). The SMILES string of the molecule is COc1cc2nccc(Oc3ccc(N)nc3)c2cc1OC.COc1cc2nccc(Oc3ccc(N)nc3Cl)c2cc1OC. The standard InChI is InChI=1S/C16H14ClN3O3.C16H15N3O3/c1-21-13-7-9-10(8-14(13)22-2)19-6-5-11(9)23-12-3-4-15(18)20-16(12)17;1-20-14-7-11-12(8-15(14)21-2)18-6-5-13(11)22-10-3-4-16(17)19-9-10/h3-8H,1-2H3,(H2,18,20);3-9H,1-2H3,(H2,17,19). The number of hydrogen-bond acceptors (Lipinski definition) is 12. The zero-order chi connectivity index (χ0) is 31.9. The highest BCUT2D eigenvalue weighted by Crippen LogP contribution is 2.39. The molecule has 0 aliphatic carbocycles. The maximum atomic E-state index is 6.06. The zero-order valence-corrected chi connectivity index (χ0v) is 25.5. The molecule has 0 saturated carbocycles. The van der Waals surface area contributed by atoms with E-state index in [1.165, 1.54) is 0 Å². The van der Waals surface area contributed by atoms with Crippen molar-refractivity contribution >= 4 is 45.0 Å². The van der Waals surface area contributed by atoms with Crippen molar-refractivity contribution in [1.82, 2.24) is 19.9 Å². The van der Waals surface area contributed by atoms with E-state index in [0.717, 1.165) is 16.3 Å². The topological polar surface area (TPSA) is 159 Å². The van der Waals surface area contributed by atoms with E-state index in [9.17, 15) is 0 Å². The van der Waals surface area contributed by atoms with Gasteiger partial charge in [0.1, 0.15) is 28.9 Å². The average Bonchev–Trinajstić information content (AvgIpc) is 3.06. The average molecular weight is 629 g/mol. The van der Waals surface area contributed by atoms with Gasteiger partial charge in [0, 0.05) is 35.3 Å². The Balaban J connectivity index is 0.000000178. The molecule has 4 N–H and O–H groups in total. The second-order valence-corrected chi connectivity index (χ2v) is 9.57. The maximum Gasteiger partial charge on any atom is 0.173 e. The summed E-state index contributed by atoms with van der Waals surface area (Å²) in [5.74, 6) is 5.40. The van der Waals surface area contributed by atoms with E-state index in [1.54, 1.807) is 95.6 Å². The number of nitrogen functional groups attached to an aromatic ring is 2. The van der Waals surface area contributed by atoms with Crippen LogP contribution in [0.4, 0.5) is 11.6 Å². The van der Waals surface area contributed by atoms with Gasteiger partial charge in [-0.05, 0) is 48.5 Å². The fourth-order valence-corrected chi connectivity index (χ4v) is 4.48. The highest BCUT2D eigenvalue weighted by molar-refractivity contribution is 6.31. The first-order valence-corrected chi connectivity index (χ1v) is 13.7. The summed E-state index contributed by atoms with van der Waals surface area (Å²) in [4.78, 5) is 16.6. The molecule has 0 spiro atoms. The minimum absolute atomic E-state index is 0.190. The Morgan fingerprint density at radius 2 is 1.04 bits per heavy atom. The number of aromatic nitrogens is 4. The zero-order valence-electron chi connectivity index (χ0n) is 24.8. The first kappa shape index (κ1) is 30.7. The van der Waals surface area contributed by atoms with Gasteiger partial charge in [-0.3, -0.25) is 9.97 Å². The Kier molecular flexibility index (Phi) is 9.34. The number of methoxy groups -OCH3 is 4. The molecule has 0 atom stereocenters. The normalized spacial score (nSPS) is 10.5. The van der Waals surface area contributed by atoms with Crippen LogP contribution in [-0.2, 0) is 0 Å². The minimum atomic E-state index is 0.190. The summed E-state index contributed by atoms with van der Waals surface area (Å²) < 4.78 is 33.0. The van der Waals surface area contributed by atoms with Crippen LogP contribution >= 0.6 is 11.6 Å². The Bertz CT molecular complexity index is 1960. The van der Waals surface area contributed by atoms with Crippen molar-refractivity contribution in [3.8, 4) is 46.0 Å². The molecule has 2 aromatic carbocycles. The summed E-state index contributed by atoms with van der Waals surface area (Å²) in [6.07, 6.45) is 4.89. The number of pyridine rings is 4. The molecule has 13 heteroatoms. The van der Waals surface area contributed by atoms with Crippen LogP contribution in [0.3, 0.4) is 0 Å². The van der Waals surface area contributed by atoms with Crippen LogP contribution in [-0.4, -0.2) is 48.4 Å². The lowest BCUT2D eigenvalue weighted by molar-refractivity contribution is 0.355. The molecule has 4 aromatic heterocycles. The van der Waals surface area contributed by atoms with Crippen LogP contribution in [0.2, 0.25) is 5.15 Å². The Morgan fingerprint density at radius 3 is 1.53 bits per heavy atom. The molecule has 0 radical (unpaired) electrons. The molecule has 0 fully saturated rings. The lowest BCUT2D eigenvalue weighted by Crippen LogP contribution is -1.95. The van der Waals surface area contributed by atoms with E-state index >= 15 is 0 Å². The largest absolute Gasteiger partial charge is 0.493 e. The molecule has 0 aliphatic rings. The third-order valence-electron chi connectivity index (χ3n) is 6.46. The van der Waals surface area contributed by atoms with Gasteiger partial charge in [0.05, 0.1) is 45.7 Å². The fraction of sp³-hybridized carbons (Fsp3) is 0.125. The molecule has 0 aliphatic heterocycles. The summed E-state index contributed by atoms with van der Waals surface area (Å²) in [7, 11) is 6.32. The van der Waals surface area contributed by atoms with Crippen molar-refractivity contribution in [1.29, 1.82) is 0 Å². The van der Waals surface area contributed by atoms with Crippen LogP contribution in [0.15, 0.2) is 79.3 Å². The molecule has 230 valence electrons. The van der Waals surface area contributed by atoms with Crippen molar-refractivity contribution < 1.29 is 28.4 Å². The molecule has 12 nitrogen and oxygen atoms in total. The number of rotatable bonds is 8. The summed E-state index contributed by atoms with van der Waals surface area (Å²) in [6.45, 7) is 0. The predicted octanol–water partition coefficient (Wildman–Crippen LogP) is 6.70. The second-order valence-electron chi connectivity index (χ2n) is 9.21. The summed E-state index contributed by atoms with van der Waals surface area (Å²) >= 11 is 6.06. The van der Waals surface area contributed by atoms with E-state index in [0.29, 0.717) is 63.1 Å². The smallest absolute Gasteiger partial charge is 0.173 e. The number of ether oxygens (including phenoxy) is 6. The molecule has 0 unspecified atom stereocenters. The third-order valence-corrected chi connectivity index (χ3v) is 6.73. The number of fused-ring (bicyclic) bond motifs is 2. The summed E-state index contributed by atoms with van der Waals surface area (Å²) in [5, 5.41) is 1.77. The number of nitrogens with zero attached hydrogens (tertiary/aromatic N) is 4. The first-order valence-electron chi connectivity index (χ1n) is 13.3. The number of halogens is 1. The van der Waals surface area contributed by atoms with Crippen LogP contribution in [0.1, 0.15) is 0 Å². The van der Waals surface area contributed by atoms with Crippen molar-refractivity contribution in [2.24, 2.45) is 0 Å². The van der Waals surface area contributed by atoms with Crippen LogP contribution in [0.25, 0.3) is 21.8 Å².